The molecule has 1 aromatic heterocycles. The van der Waals surface area contributed by atoms with Crippen molar-refractivity contribution in [2.24, 2.45) is 0 Å². The molecule has 0 unspecified atom stereocenters. The third-order valence-corrected chi connectivity index (χ3v) is 3.26. The van der Waals surface area contributed by atoms with E-state index in [9.17, 15) is 5.11 Å². The largest absolute Gasteiger partial charge is 0.389 e. The summed E-state index contributed by atoms with van der Waals surface area (Å²) in [6.45, 7) is 5.76. The predicted molar refractivity (Wildman–Crippen MR) is 63.6 cm³/mol. The average Bonchev–Trinajstić information content (AvgIpc) is 2.27. The molecule has 0 aromatic carbocycles. The third-order valence-electron chi connectivity index (χ3n) is 3.26. The Morgan fingerprint density at radius 1 is 1.38 bits per heavy atom. The van der Waals surface area contributed by atoms with Crippen molar-refractivity contribution in [3.8, 4) is 0 Å². The maximum absolute atomic E-state index is 9.27. The number of aromatic nitrogens is 2. The molecule has 1 saturated heterocycles. The highest BCUT2D eigenvalue weighted by Gasteiger charge is 2.26. The number of anilines is 1. The summed E-state index contributed by atoms with van der Waals surface area (Å²) in [6, 6.07) is 2.06. The van der Waals surface area contributed by atoms with E-state index < -0.39 is 0 Å². The van der Waals surface area contributed by atoms with E-state index in [1.54, 1.807) is 6.33 Å². The number of rotatable bonds is 4. The molecule has 16 heavy (non-hydrogen) atoms. The molecule has 1 fully saturated rings. The smallest absolute Gasteiger partial charge is 0.132 e. The minimum atomic E-state index is -0.188. The van der Waals surface area contributed by atoms with Crippen LogP contribution in [-0.2, 0) is 0 Å². The zero-order valence-electron chi connectivity index (χ0n) is 9.93. The molecule has 4 nitrogen and oxygen atoms in total. The highest BCUT2D eigenvalue weighted by Crippen LogP contribution is 2.25. The Morgan fingerprint density at radius 2 is 2.06 bits per heavy atom. The van der Waals surface area contributed by atoms with Gasteiger partial charge in [0.05, 0.1) is 6.10 Å². The van der Waals surface area contributed by atoms with Gasteiger partial charge in [0.25, 0.3) is 0 Å². The van der Waals surface area contributed by atoms with Gasteiger partial charge in [-0.2, -0.15) is 0 Å². The van der Waals surface area contributed by atoms with Gasteiger partial charge in [-0.3, -0.25) is 0 Å². The van der Waals surface area contributed by atoms with E-state index in [1.807, 2.05) is 0 Å². The van der Waals surface area contributed by atoms with Crippen LogP contribution < -0.4 is 4.90 Å². The summed E-state index contributed by atoms with van der Waals surface area (Å²) in [7, 11) is 0. The Morgan fingerprint density at radius 3 is 2.62 bits per heavy atom. The third kappa shape index (κ3) is 2.16. The molecule has 2 heterocycles. The van der Waals surface area contributed by atoms with Crippen molar-refractivity contribution < 1.29 is 5.11 Å². The molecule has 0 saturated carbocycles. The SMILES string of the molecule is CCC(CC)c1cc(N2CC(O)C2)ncn1. The van der Waals surface area contributed by atoms with Crippen molar-refractivity contribution in [2.75, 3.05) is 18.0 Å². The molecule has 0 bridgehead atoms. The fourth-order valence-electron chi connectivity index (χ4n) is 2.11. The summed E-state index contributed by atoms with van der Waals surface area (Å²) in [6.07, 6.45) is 3.66. The lowest BCUT2D eigenvalue weighted by atomic mass is 9.99. The lowest BCUT2D eigenvalue weighted by Crippen LogP contribution is -2.51. The van der Waals surface area contributed by atoms with Crippen LogP contribution in [0, 0.1) is 0 Å². The van der Waals surface area contributed by atoms with Gasteiger partial charge in [0.15, 0.2) is 0 Å². The van der Waals surface area contributed by atoms with Gasteiger partial charge in [0, 0.05) is 30.8 Å². The van der Waals surface area contributed by atoms with E-state index >= 15 is 0 Å². The van der Waals surface area contributed by atoms with Gasteiger partial charge in [0.2, 0.25) is 0 Å². The maximum Gasteiger partial charge on any atom is 0.132 e. The average molecular weight is 221 g/mol. The quantitative estimate of drug-likeness (QED) is 0.838. The first kappa shape index (κ1) is 11.3. The van der Waals surface area contributed by atoms with Gasteiger partial charge in [-0.15, -0.1) is 0 Å². The van der Waals surface area contributed by atoms with E-state index in [-0.39, 0.29) is 6.10 Å². The highest BCUT2D eigenvalue weighted by molar-refractivity contribution is 5.42. The summed E-state index contributed by atoms with van der Waals surface area (Å²) in [5, 5.41) is 9.27. The Bertz CT molecular complexity index is 346. The Labute approximate surface area is 96.3 Å². The Hall–Kier alpha value is -1.16. The van der Waals surface area contributed by atoms with E-state index in [1.165, 1.54) is 0 Å². The van der Waals surface area contributed by atoms with Crippen LogP contribution in [0.25, 0.3) is 0 Å². The van der Waals surface area contributed by atoms with Crippen LogP contribution in [0.4, 0.5) is 5.82 Å². The number of β-amino-alcohol motifs (C(OH)–C–C–N with tert-alkyl or cyclic N) is 1. The second-order valence-electron chi connectivity index (χ2n) is 4.37. The van der Waals surface area contributed by atoms with E-state index in [2.05, 4.69) is 34.8 Å². The number of aliphatic hydroxyl groups excluding tert-OH is 1. The van der Waals surface area contributed by atoms with Crippen molar-refractivity contribution in [3.63, 3.8) is 0 Å². The predicted octanol–water partition coefficient (Wildman–Crippen LogP) is 1.56. The zero-order valence-corrected chi connectivity index (χ0v) is 9.93. The van der Waals surface area contributed by atoms with Gasteiger partial charge >= 0.3 is 0 Å². The number of nitrogens with zero attached hydrogens (tertiary/aromatic N) is 3. The van der Waals surface area contributed by atoms with Crippen LogP contribution in [0.15, 0.2) is 12.4 Å². The molecule has 88 valence electrons. The molecule has 1 N–H and O–H groups in total. The van der Waals surface area contributed by atoms with Gasteiger partial charge in [-0.05, 0) is 12.8 Å². The molecule has 1 aliphatic heterocycles. The molecule has 0 radical (unpaired) electrons. The number of aliphatic hydroxyl groups is 1. The molecule has 1 aromatic rings. The zero-order chi connectivity index (χ0) is 11.5. The van der Waals surface area contributed by atoms with Crippen LogP contribution in [-0.4, -0.2) is 34.3 Å². The van der Waals surface area contributed by atoms with Crippen LogP contribution in [0.3, 0.4) is 0 Å². The topological polar surface area (TPSA) is 49.2 Å². The first-order valence-corrected chi connectivity index (χ1v) is 5.99. The maximum atomic E-state index is 9.27. The fourth-order valence-corrected chi connectivity index (χ4v) is 2.11. The fraction of sp³-hybridized carbons (Fsp3) is 0.667. The van der Waals surface area contributed by atoms with Crippen molar-refractivity contribution >= 4 is 5.82 Å². The lowest BCUT2D eigenvalue weighted by molar-refractivity contribution is 0.141. The second-order valence-corrected chi connectivity index (χ2v) is 4.37. The number of hydrogen-bond acceptors (Lipinski definition) is 4. The Balaban J connectivity index is 2.13. The van der Waals surface area contributed by atoms with Crippen LogP contribution in [0.1, 0.15) is 38.3 Å². The van der Waals surface area contributed by atoms with Crippen molar-refractivity contribution in [1.82, 2.24) is 9.97 Å². The van der Waals surface area contributed by atoms with Gasteiger partial charge in [-0.25, -0.2) is 9.97 Å². The van der Waals surface area contributed by atoms with Crippen molar-refractivity contribution in [1.29, 1.82) is 0 Å². The molecule has 1 aliphatic rings. The van der Waals surface area contributed by atoms with Crippen molar-refractivity contribution in [3.05, 3.63) is 18.1 Å². The van der Waals surface area contributed by atoms with E-state index in [0.717, 1.165) is 24.4 Å². The summed E-state index contributed by atoms with van der Waals surface area (Å²) in [5.74, 6) is 1.47. The highest BCUT2D eigenvalue weighted by atomic mass is 16.3. The summed E-state index contributed by atoms with van der Waals surface area (Å²) in [5.41, 5.74) is 1.12. The molecular weight excluding hydrogens is 202 g/mol. The minimum absolute atomic E-state index is 0.188. The lowest BCUT2D eigenvalue weighted by Gasteiger charge is -2.36. The molecule has 0 atom stereocenters. The molecular formula is C12H19N3O. The van der Waals surface area contributed by atoms with Gasteiger partial charge < -0.3 is 10.0 Å². The monoisotopic (exact) mass is 221 g/mol. The standard InChI is InChI=1S/C12H19N3O/c1-3-9(4-2)11-5-12(14-8-13-11)15-6-10(16)7-15/h5,8-10,16H,3-4,6-7H2,1-2H3. The molecule has 0 aliphatic carbocycles. The normalized spacial score (nSPS) is 16.6. The first-order chi connectivity index (χ1) is 7.74. The van der Waals surface area contributed by atoms with Crippen LogP contribution in [0.5, 0.6) is 0 Å². The number of hydrogen-bond donors (Lipinski definition) is 1. The van der Waals surface area contributed by atoms with Crippen LogP contribution in [0.2, 0.25) is 0 Å². The van der Waals surface area contributed by atoms with Crippen LogP contribution >= 0.6 is 0 Å². The van der Waals surface area contributed by atoms with Crippen molar-refractivity contribution in [2.45, 2.75) is 38.7 Å². The van der Waals surface area contributed by atoms with E-state index in [0.29, 0.717) is 19.0 Å². The van der Waals surface area contributed by atoms with Gasteiger partial charge in [-0.1, -0.05) is 13.8 Å². The summed E-state index contributed by atoms with van der Waals surface area (Å²) in [4.78, 5) is 10.7. The Kier molecular flexibility index (Phi) is 3.39. The molecule has 0 amide bonds. The molecule has 4 heteroatoms. The molecule has 2 rings (SSSR count). The summed E-state index contributed by atoms with van der Waals surface area (Å²) < 4.78 is 0. The second kappa shape index (κ2) is 4.78. The molecule has 0 spiro atoms. The minimum Gasteiger partial charge on any atom is -0.389 e. The first-order valence-electron chi connectivity index (χ1n) is 5.99. The summed E-state index contributed by atoms with van der Waals surface area (Å²) >= 11 is 0. The van der Waals surface area contributed by atoms with Gasteiger partial charge in [0.1, 0.15) is 12.1 Å². The van der Waals surface area contributed by atoms with E-state index in [4.69, 9.17) is 0 Å².